The minimum absolute atomic E-state index is 0.0130. The van der Waals surface area contributed by atoms with Crippen molar-refractivity contribution in [3.63, 3.8) is 0 Å². The highest BCUT2D eigenvalue weighted by molar-refractivity contribution is 7.07. The molecule has 0 saturated carbocycles. The summed E-state index contributed by atoms with van der Waals surface area (Å²) in [4.78, 5) is 13.7. The highest BCUT2D eigenvalue weighted by Gasteiger charge is 2.05. The summed E-state index contributed by atoms with van der Waals surface area (Å²) in [5, 5.41) is 5.92. The van der Waals surface area contributed by atoms with Gasteiger partial charge in [-0.05, 0) is 24.6 Å². The molecule has 2 N–H and O–H groups in total. The molecule has 3 nitrogen and oxygen atoms in total. The lowest BCUT2D eigenvalue weighted by Crippen LogP contribution is -2.18. The van der Waals surface area contributed by atoms with Gasteiger partial charge in [0.25, 0.3) is 0 Å². The fourth-order valence-corrected chi connectivity index (χ4v) is 2.24. The van der Waals surface area contributed by atoms with Crippen molar-refractivity contribution in [3.8, 4) is 0 Å². The van der Waals surface area contributed by atoms with Crippen LogP contribution in [0.3, 0.4) is 0 Å². The van der Waals surface area contributed by atoms with Gasteiger partial charge in [0, 0.05) is 28.7 Å². The fourth-order valence-electron chi connectivity index (χ4n) is 1.53. The lowest BCUT2D eigenvalue weighted by Gasteiger charge is -2.13. The van der Waals surface area contributed by atoms with E-state index in [0.29, 0.717) is 6.54 Å². The molecule has 0 radical (unpaired) electrons. The predicted molar refractivity (Wildman–Crippen MR) is 71.6 cm³/mol. The number of benzene rings is 1. The summed E-state index contributed by atoms with van der Waals surface area (Å²) in [6, 6.07) is 7.96. The second-order valence-electron chi connectivity index (χ2n) is 3.83. The van der Waals surface area contributed by atoms with Gasteiger partial charge >= 0.3 is 4.87 Å². The van der Waals surface area contributed by atoms with Gasteiger partial charge in [-0.2, -0.15) is 0 Å². The van der Waals surface area contributed by atoms with Crippen LogP contribution in [0.2, 0.25) is 5.02 Å². The molecule has 1 atom stereocenters. The summed E-state index contributed by atoms with van der Waals surface area (Å²) in [5.74, 6) is 0. The van der Waals surface area contributed by atoms with Crippen LogP contribution in [-0.2, 0) is 6.54 Å². The molecule has 0 aliphatic carbocycles. The van der Waals surface area contributed by atoms with Crippen LogP contribution in [0.1, 0.15) is 24.2 Å². The molecule has 1 aromatic heterocycles. The number of hydrogen-bond donors (Lipinski definition) is 2. The van der Waals surface area contributed by atoms with Crippen LogP contribution >= 0.6 is 22.9 Å². The number of aromatic nitrogens is 1. The quantitative estimate of drug-likeness (QED) is 0.896. The van der Waals surface area contributed by atoms with E-state index in [4.69, 9.17) is 11.6 Å². The smallest absolute Gasteiger partial charge is 0.304 e. The molecule has 0 aliphatic rings. The van der Waals surface area contributed by atoms with Crippen LogP contribution in [0, 0.1) is 0 Å². The van der Waals surface area contributed by atoms with Gasteiger partial charge in [-0.25, -0.2) is 0 Å². The van der Waals surface area contributed by atoms with E-state index in [2.05, 4.69) is 17.2 Å². The Morgan fingerprint density at radius 3 is 2.71 bits per heavy atom. The van der Waals surface area contributed by atoms with Crippen LogP contribution in [0.15, 0.2) is 34.4 Å². The number of H-pyrrole nitrogens is 1. The van der Waals surface area contributed by atoms with Crippen molar-refractivity contribution in [2.24, 2.45) is 0 Å². The van der Waals surface area contributed by atoms with Gasteiger partial charge in [0.05, 0.1) is 0 Å². The molecule has 17 heavy (non-hydrogen) atoms. The summed E-state index contributed by atoms with van der Waals surface area (Å²) in [7, 11) is 0. The van der Waals surface area contributed by atoms with Crippen molar-refractivity contribution < 1.29 is 0 Å². The molecule has 0 fully saturated rings. The maximum Gasteiger partial charge on any atom is 0.304 e. The molecule has 0 aliphatic heterocycles. The molecule has 1 aromatic carbocycles. The van der Waals surface area contributed by atoms with Crippen LogP contribution < -0.4 is 10.2 Å². The standard InChI is InChI=1S/C12H13ClN2OS/c1-8(9-2-4-10(13)5-3-9)14-6-11-7-17-12(16)15-11/h2-5,7-8,14H,6H2,1H3,(H,15,16). The number of aromatic amines is 1. The largest absolute Gasteiger partial charge is 0.315 e. The van der Waals surface area contributed by atoms with Crippen molar-refractivity contribution in [2.45, 2.75) is 19.5 Å². The Balaban J connectivity index is 1.95. The Kier molecular flexibility index (Phi) is 3.99. The average Bonchev–Trinajstić information content (AvgIpc) is 2.73. The lowest BCUT2D eigenvalue weighted by molar-refractivity contribution is 0.569. The molecule has 0 spiro atoms. The molecule has 90 valence electrons. The van der Waals surface area contributed by atoms with Crippen molar-refractivity contribution in [3.05, 3.63) is 55.6 Å². The molecular formula is C12H13ClN2OS. The van der Waals surface area contributed by atoms with E-state index in [1.165, 1.54) is 16.9 Å². The first-order valence-corrected chi connectivity index (χ1v) is 6.56. The zero-order chi connectivity index (χ0) is 12.3. The molecule has 2 aromatic rings. The predicted octanol–water partition coefficient (Wildman–Crippen LogP) is 2.94. The Morgan fingerprint density at radius 2 is 2.12 bits per heavy atom. The monoisotopic (exact) mass is 268 g/mol. The van der Waals surface area contributed by atoms with Gasteiger partial charge in [-0.3, -0.25) is 4.79 Å². The molecule has 0 amide bonds. The summed E-state index contributed by atoms with van der Waals surface area (Å²) in [6.45, 7) is 2.73. The van der Waals surface area contributed by atoms with Crippen molar-refractivity contribution >= 4 is 22.9 Å². The number of rotatable bonds is 4. The van der Waals surface area contributed by atoms with Gasteiger partial charge in [-0.1, -0.05) is 35.1 Å². The number of nitrogens with one attached hydrogen (secondary N) is 2. The SMILES string of the molecule is CC(NCc1csc(=O)[nH]1)c1ccc(Cl)cc1. The first kappa shape index (κ1) is 12.4. The van der Waals surface area contributed by atoms with E-state index in [1.807, 2.05) is 29.6 Å². The highest BCUT2D eigenvalue weighted by Crippen LogP contribution is 2.16. The first-order chi connectivity index (χ1) is 8.15. The maximum atomic E-state index is 11.0. The number of thiazole rings is 1. The van der Waals surface area contributed by atoms with Crippen LogP contribution in [0.5, 0.6) is 0 Å². The Hall–Kier alpha value is -1.10. The van der Waals surface area contributed by atoms with E-state index >= 15 is 0 Å². The second kappa shape index (κ2) is 5.49. The van der Waals surface area contributed by atoms with Crippen molar-refractivity contribution in [1.29, 1.82) is 0 Å². The Labute approximate surface area is 108 Å². The topological polar surface area (TPSA) is 44.9 Å². The minimum atomic E-state index is -0.0130. The third-order valence-corrected chi connectivity index (χ3v) is 3.51. The van der Waals surface area contributed by atoms with Crippen LogP contribution in [0.4, 0.5) is 0 Å². The normalized spacial score (nSPS) is 12.6. The van der Waals surface area contributed by atoms with Crippen molar-refractivity contribution in [1.82, 2.24) is 10.3 Å². The van der Waals surface area contributed by atoms with Gasteiger partial charge in [0.1, 0.15) is 0 Å². The summed E-state index contributed by atoms with van der Waals surface area (Å²) >= 11 is 7.02. The second-order valence-corrected chi connectivity index (χ2v) is 5.11. The minimum Gasteiger partial charge on any atom is -0.315 e. The zero-order valence-corrected chi connectivity index (χ0v) is 10.9. The first-order valence-electron chi connectivity index (χ1n) is 5.30. The van der Waals surface area contributed by atoms with Crippen molar-refractivity contribution in [2.75, 3.05) is 0 Å². The molecule has 1 heterocycles. The fraction of sp³-hybridized carbons (Fsp3) is 0.250. The van der Waals surface area contributed by atoms with E-state index in [1.54, 1.807) is 0 Å². The highest BCUT2D eigenvalue weighted by atomic mass is 35.5. The van der Waals surface area contributed by atoms with Crippen LogP contribution in [-0.4, -0.2) is 4.98 Å². The molecule has 0 saturated heterocycles. The summed E-state index contributed by atoms with van der Waals surface area (Å²) in [6.07, 6.45) is 0. The van der Waals surface area contributed by atoms with E-state index in [9.17, 15) is 4.79 Å². The van der Waals surface area contributed by atoms with E-state index < -0.39 is 0 Å². The van der Waals surface area contributed by atoms with Gasteiger partial charge in [-0.15, -0.1) is 0 Å². The summed E-state index contributed by atoms with van der Waals surface area (Å²) in [5.41, 5.74) is 2.09. The molecular weight excluding hydrogens is 256 g/mol. The average molecular weight is 269 g/mol. The Bertz CT molecular complexity index is 532. The third-order valence-electron chi connectivity index (χ3n) is 2.54. The van der Waals surface area contributed by atoms with Gasteiger partial charge < -0.3 is 10.3 Å². The molecule has 1 unspecified atom stereocenters. The van der Waals surface area contributed by atoms with E-state index in [-0.39, 0.29) is 10.9 Å². The molecule has 2 rings (SSSR count). The maximum absolute atomic E-state index is 11.0. The summed E-state index contributed by atoms with van der Waals surface area (Å²) < 4.78 is 0. The van der Waals surface area contributed by atoms with Gasteiger partial charge in [0.2, 0.25) is 0 Å². The third kappa shape index (κ3) is 3.43. The van der Waals surface area contributed by atoms with E-state index in [0.717, 1.165) is 10.7 Å². The zero-order valence-electron chi connectivity index (χ0n) is 9.37. The number of halogens is 1. The molecule has 0 bridgehead atoms. The molecule has 5 heteroatoms. The Morgan fingerprint density at radius 1 is 1.41 bits per heavy atom. The number of hydrogen-bond acceptors (Lipinski definition) is 3. The van der Waals surface area contributed by atoms with Gasteiger partial charge in [0.15, 0.2) is 0 Å². The lowest BCUT2D eigenvalue weighted by atomic mass is 10.1. The van der Waals surface area contributed by atoms with Crippen LogP contribution in [0.25, 0.3) is 0 Å².